The van der Waals surface area contributed by atoms with Crippen LogP contribution in [0.4, 0.5) is 0 Å². The van der Waals surface area contributed by atoms with Crippen LogP contribution in [0.3, 0.4) is 0 Å². The molecule has 19 heavy (non-hydrogen) atoms. The van der Waals surface area contributed by atoms with Crippen LogP contribution in [0.1, 0.15) is 25.3 Å². The molecule has 1 aromatic carbocycles. The summed E-state index contributed by atoms with van der Waals surface area (Å²) in [7, 11) is 1.62. The second kappa shape index (κ2) is 4.46. The molecule has 0 bridgehead atoms. The molecule has 3 rings (SSSR count). The second-order valence-electron chi connectivity index (χ2n) is 5.24. The van der Waals surface area contributed by atoms with Crippen molar-refractivity contribution in [2.45, 2.75) is 31.2 Å². The minimum absolute atomic E-state index is 0.0369. The number of hydrogen-bond donors (Lipinski definition) is 1. The van der Waals surface area contributed by atoms with Crippen LogP contribution in [-0.4, -0.2) is 26.4 Å². The minimum atomic E-state index is -0.0369. The summed E-state index contributed by atoms with van der Waals surface area (Å²) >= 11 is 6.40. The Labute approximate surface area is 117 Å². The third-order valence-corrected chi connectivity index (χ3v) is 4.47. The Balaban J connectivity index is 2.17. The van der Waals surface area contributed by atoms with E-state index in [1.807, 2.05) is 13.0 Å². The fourth-order valence-electron chi connectivity index (χ4n) is 2.80. The monoisotopic (exact) mass is 283 g/mol. The van der Waals surface area contributed by atoms with E-state index in [0.717, 1.165) is 18.4 Å². The van der Waals surface area contributed by atoms with E-state index in [2.05, 4.69) is 0 Å². The number of benzene rings is 1. The minimum Gasteiger partial charge on any atom is -0.495 e. The Hall–Kier alpha value is -1.13. The zero-order valence-corrected chi connectivity index (χ0v) is 11.9. The van der Waals surface area contributed by atoms with E-state index in [1.54, 1.807) is 7.11 Å². The molecule has 1 fully saturated rings. The van der Waals surface area contributed by atoms with E-state index in [1.165, 1.54) is 0 Å². The number of halogens is 1. The lowest BCUT2D eigenvalue weighted by molar-refractivity contribution is 0.170. The molecule has 0 spiro atoms. The summed E-state index contributed by atoms with van der Waals surface area (Å²) in [6.45, 7) is 3.07. The van der Waals surface area contributed by atoms with Crippen LogP contribution < -0.4 is 19.9 Å². The van der Waals surface area contributed by atoms with Gasteiger partial charge in [0.05, 0.1) is 7.11 Å². The maximum atomic E-state index is 6.40. The Morgan fingerprint density at radius 2 is 2.05 bits per heavy atom. The van der Waals surface area contributed by atoms with Gasteiger partial charge in [0.25, 0.3) is 0 Å². The van der Waals surface area contributed by atoms with E-state index in [4.69, 9.17) is 31.5 Å². The van der Waals surface area contributed by atoms with E-state index in [9.17, 15) is 0 Å². The molecule has 104 valence electrons. The number of fused-ring (bicyclic) bond motifs is 1. The summed E-state index contributed by atoms with van der Waals surface area (Å²) in [6, 6.07) is 2.04. The Bertz CT molecular complexity index is 512. The number of hydrogen-bond acceptors (Lipinski definition) is 4. The molecule has 0 aromatic heterocycles. The number of methoxy groups -OCH3 is 1. The van der Waals surface area contributed by atoms with Crippen molar-refractivity contribution in [3.8, 4) is 17.2 Å². The highest BCUT2D eigenvalue weighted by atomic mass is 35.5. The van der Waals surface area contributed by atoms with E-state index < -0.39 is 0 Å². The molecule has 2 N–H and O–H groups in total. The predicted molar refractivity (Wildman–Crippen MR) is 73.6 cm³/mol. The number of ether oxygens (including phenoxy) is 3. The molecule has 1 aromatic rings. The Morgan fingerprint density at radius 3 is 2.63 bits per heavy atom. The fraction of sp³-hybridized carbons (Fsp3) is 0.571. The van der Waals surface area contributed by atoms with Gasteiger partial charge >= 0.3 is 0 Å². The molecule has 0 amide bonds. The molecule has 2 aliphatic rings. The SMILES string of the molecule is COc1c(C2(C(C)N)CC2)cc2c(c1Cl)OCCO2. The first-order valence-electron chi connectivity index (χ1n) is 6.52. The first-order chi connectivity index (χ1) is 9.10. The summed E-state index contributed by atoms with van der Waals surface area (Å²) in [5.74, 6) is 1.94. The summed E-state index contributed by atoms with van der Waals surface area (Å²) in [5.41, 5.74) is 7.15. The molecule has 1 heterocycles. The molecule has 0 saturated heterocycles. The zero-order valence-electron chi connectivity index (χ0n) is 11.2. The van der Waals surface area contributed by atoms with Gasteiger partial charge in [0, 0.05) is 17.0 Å². The van der Waals surface area contributed by atoms with Crippen LogP contribution in [-0.2, 0) is 5.41 Å². The van der Waals surface area contributed by atoms with Gasteiger partial charge in [-0.25, -0.2) is 0 Å². The average molecular weight is 284 g/mol. The van der Waals surface area contributed by atoms with E-state index in [0.29, 0.717) is 35.5 Å². The maximum absolute atomic E-state index is 6.40. The van der Waals surface area contributed by atoms with Crippen molar-refractivity contribution < 1.29 is 14.2 Å². The third-order valence-electron chi connectivity index (χ3n) is 4.13. The summed E-state index contributed by atoms with van der Waals surface area (Å²) in [4.78, 5) is 0. The smallest absolute Gasteiger partial charge is 0.183 e. The molecular weight excluding hydrogens is 266 g/mol. The Kier molecular flexibility index (Phi) is 3.02. The second-order valence-corrected chi connectivity index (χ2v) is 5.62. The van der Waals surface area contributed by atoms with Gasteiger partial charge in [0.1, 0.15) is 24.0 Å². The van der Waals surface area contributed by atoms with Crippen LogP contribution in [0.2, 0.25) is 5.02 Å². The standard InChI is InChI=1S/C14H18ClNO3/c1-8(16)14(3-4-14)9-7-10-13(19-6-5-18-10)11(15)12(9)17-2/h7-8H,3-6,16H2,1-2H3. The van der Waals surface area contributed by atoms with Crippen molar-refractivity contribution in [2.75, 3.05) is 20.3 Å². The molecule has 1 aliphatic carbocycles. The molecule has 0 radical (unpaired) electrons. The molecule has 1 saturated carbocycles. The lowest BCUT2D eigenvalue weighted by atomic mass is 9.88. The van der Waals surface area contributed by atoms with Gasteiger partial charge in [-0.2, -0.15) is 0 Å². The van der Waals surface area contributed by atoms with Crippen LogP contribution in [0.5, 0.6) is 17.2 Å². The van der Waals surface area contributed by atoms with Crippen molar-refractivity contribution in [3.63, 3.8) is 0 Å². The first kappa shape index (κ1) is 12.9. The zero-order chi connectivity index (χ0) is 13.6. The van der Waals surface area contributed by atoms with Crippen LogP contribution in [0.25, 0.3) is 0 Å². The first-order valence-corrected chi connectivity index (χ1v) is 6.90. The largest absolute Gasteiger partial charge is 0.495 e. The van der Waals surface area contributed by atoms with Crippen molar-refractivity contribution in [2.24, 2.45) is 5.73 Å². The topological polar surface area (TPSA) is 53.7 Å². The molecule has 4 nitrogen and oxygen atoms in total. The predicted octanol–water partition coefficient (Wildman–Crippen LogP) is 2.50. The average Bonchev–Trinajstić information content (AvgIpc) is 3.20. The van der Waals surface area contributed by atoms with Crippen molar-refractivity contribution in [1.29, 1.82) is 0 Å². The molecule has 1 atom stereocenters. The van der Waals surface area contributed by atoms with Crippen LogP contribution >= 0.6 is 11.6 Å². The van der Waals surface area contributed by atoms with E-state index >= 15 is 0 Å². The van der Waals surface area contributed by atoms with Crippen molar-refractivity contribution in [3.05, 3.63) is 16.7 Å². The lowest BCUT2D eigenvalue weighted by Crippen LogP contribution is -2.32. The van der Waals surface area contributed by atoms with Gasteiger partial charge in [-0.1, -0.05) is 11.6 Å². The maximum Gasteiger partial charge on any atom is 0.183 e. The van der Waals surface area contributed by atoms with E-state index in [-0.39, 0.29) is 11.5 Å². The molecule has 1 unspecified atom stereocenters. The fourth-order valence-corrected chi connectivity index (χ4v) is 3.13. The van der Waals surface area contributed by atoms with Gasteiger partial charge < -0.3 is 19.9 Å². The molecular formula is C14H18ClNO3. The van der Waals surface area contributed by atoms with Crippen LogP contribution in [0.15, 0.2) is 6.07 Å². The highest BCUT2D eigenvalue weighted by Crippen LogP contribution is 2.57. The highest BCUT2D eigenvalue weighted by molar-refractivity contribution is 6.34. The third kappa shape index (κ3) is 1.85. The Morgan fingerprint density at radius 1 is 1.37 bits per heavy atom. The van der Waals surface area contributed by atoms with Gasteiger partial charge in [0.2, 0.25) is 0 Å². The number of nitrogens with two attached hydrogens (primary N) is 1. The summed E-state index contributed by atoms with van der Waals surface area (Å²) < 4.78 is 16.7. The normalized spacial score (nSPS) is 20.8. The van der Waals surface area contributed by atoms with Gasteiger partial charge in [-0.05, 0) is 25.8 Å². The van der Waals surface area contributed by atoms with Crippen molar-refractivity contribution in [1.82, 2.24) is 0 Å². The number of rotatable bonds is 3. The molecule has 5 heteroatoms. The van der Waals surface area contributed by atoms with Crippen molar-refractivity contribution >= 4 is 11.6 Å². The lowest BCUT2D eigenvalue weighted by Gasteiger charge is -2.27. The van der Waals surface area contributed by atoms with Gasteiger partial charge in [-0.15, -0.1) is 0 Å². The summed E-state index contributed by atoms with van der Waals surface area (Å²) in [5, 5.41) is 0.488. The van der Waals surface area contributed by atoms with Crippen LogP contribution in [0, 0.1) is 0 Å². The van der Waals surface area contributed by atoms with Gasteiger partial charge in [-0.3, -0.25) is 0 Å². The highest BCUT2D eigenvalue weighted by Gasteiger charge is 2.50. The quantitative estimate of drug-likeness (QED) is 0.926. The summed E-state index contributed by atoms with van der Waals surface area (Å²) in [6.07, 6.45) is 2.11. The molecule has 1 aliphatic heterocycles. The van der Waals surface area contributed by atoms with Gasteiger partial charge in [0.15, 0.2) is 11.5 Å².